The lowest BCUT2D eigenvalue weighted by Crippen LogP contribution is -2.41. The van der Waals surface area contributed by atoms with E-state index in [0.29, 0.717) is 11.4 Å². The van der Waals surface area contributed by atoms with Crippen LogP contribution in [-0.2, 0) is 19.3 Å². The second-order valence-corrected chi connectivity index (χ2v) is 9.28. The van der Waals surface area contributed by atoms with E-state index >= 15 is 0 Å². The maximum atomic E-state index is 11.5. The lowest BCUT2D eigenvalue weighted by molar-refractivity contribution is 0.00578. The zero-order valence-corrected chi connectivity index (χ0v) is 15.6. The van der Waals surface area contributed by atoms with Gasteiger partial charge < -0.3 is 14.0 Å². The minimum atomic E-state index is -3.38. The molecule has 0 bridgehead atoms. The Morgan fingerprint density at radius 3 is 2.25 bits per heavy atom. The lowest BCUT2D eigenvalue weighted by atomic mass is 9.79. The Morgan fingerprint density at radius 1 is 1.17 bits per heavy atom. The van der Waals surface area contributed by atoms with Gasteiger partial charge in [-0.15, -0.1) is 0 Å². The molecule has 3 rings (SSSR count). The van der Waals surface area contributed by atoms with Crippen LogP contribution in [0.15, 0.2) is 18.2 Å². The summed E-state index contributed by atoms with van der Waals surface area (Å²) in [5.41, 5.74) is 0.380. The largest absolute Gasteiger partial charge is 0.494 e. The van der Waals surface area contributed by atoms with Crippen LogP contribution in [-0.4, -0.2) is 39.1 Å². The van der Waals surface area contributed by atoms with Crippen LogP contribution in [0.25, 0.3) is 0 Å². The molecule has 0 aromatic heterocycles. The molecule has 1 aliphatic carbocycles. The number of nitrogens with one attached hydrogen (secondary N) is 1. The van der Waals surface area contributed by atoms with Crippen molar-refractivity contribution in [3.8, 4) is 5.75 Å². The quantitative estimate of drug-likeness (QED) is 0.819. The summed E-state index contributed by atoms with van der Waals surface area (Å²) >= 11 is 0. The summed E-state index contributed by atoms with van der Waals surface area (Å²) in [6.45, 7) is 7.98. The van der Waals surface area contributed by atoms with Gasteiger partial charge in [0.05, 0.1) is 29.2 Å². The van der Waals surface area contributed by atoms with Crippen molar-refractivity contribution in [1.29, 1.82) is 0 Å². The second-order valence-electron chi connectivity index (χ2n) is 7.54. The van der Waals surface area contributed by atoms with Crippen molar-refractivity contribution in [3.05, 3.63) is 18.2 Å². The zero-order valence-electron chi connectivity index (χ0n) is 14.8. The summed E-state index contributed by atoms with van der Waals surface area (Å²) < 4.78 is 43.6. The van der Waals surface area contributed by atoms with Crippen LogP contribution in [0.5, 0.6) is 5.75 Å². The summed E-state index contributed by atoms with van der Waals surface area (Å²) in [6, 6.07) is 5.29. The predicted octanol–water partition coefficient (Wildman–Crippen LogP) is 1.90. The van der Waals surface area contributed by atoms with E-state index in [1.54, 1.807) is 18.2 Å². The van der Waals surface area contributed by atoms with Gasteiger partial charge in [0.15, 0.2) is 0 Å². The number of rotatable bonds is 5. The number of hydrogen-bond acceptors (Lipinski definition) is 5. The third-order valence-electron chi connectivity index (χ3n) is 4.64. The number of anilines is 1. The molecule has 1 heterocycles. The van der Waals surface area contributed by atoms with Crippen LogP contribution in [0.4, 0.5) is 5.69 Å². The first-order valence-corrected chi connectivity index (χ1v) is 10.00. The average molecular weight is 353 g/mol. The summed E-state index contributed by atoms with van der Waals surface area (Å²) in [4.78, 5) is 0. The molecule has 6 nitrogen and oxygen atoms in total. The van der Waals surface area contributed by atoms with Gasteiger partial charge in [0.2, 0.25) is 10.0 Å². The van der Waals surface area contributed by atoms with Crippen LogP contribution < -0.4 is 14.9 Å². The molecule has 1 aromatic rings. The Morgan fingerprint density at radius 2 is 1.75 bits per heavy atom. The minimum absolute atomic E-state index is 0.152. The highest BCUT2D eigenvalue weighted by atomic mass is 32.2. The van der Waals surface area contributed by atoms with E-state index in [-0.39, 0.29) is 6.10 Å². The van der Waals surface area contributed by atoms with Crippen molar-refractivity contribution in [2.24, 2.45) is 0 Å². The van der Waals surface area contributed by atoms with Gasteiger partial charge in [-0.2, -0.15) is 0 Å². The van der Waals surface area contributed by atoms with Crippen LogP contribution in [0.2, 0.25) is 0 Å². The minimum Gasteiger partial charge on any atom is -0.488 e. The van der Waals surface area contributed by atoms with Crippen molar-refractivity contribution in [2.45, 2.75) is 57.8 Å². The molecule has 0 atom stereocenters. The van der Waals surface area contributed by atoms with Gasteiger partial charge in [-0.1, -0.05) is 6.07 Å². The molecule has 1 saturated heterocycles. The molecule has 132 valence electrons. The molecule has 0 unspecified atom stereocenters. The van der Waals surface area contributed by atoms with Gasteiger partial charge in [0, 0.05) is 0 Å². The van der Waals surface area contributed by atoms with Gasteiger partial charge in [0.25, 0.3) is 0 Å². The smallest absolute Gasteiger partial charge is 0.488 e. The van der Waals surface area contributed by atoms with E-state index in [0.717, 1.165) is 24.6 Å². The van der Waals surface area contributed by atoms with Crippen LogP contribution in [0, 0.1) is 0 Å². The number of hydrogen-bond donors (Lipinski definition) is 1. The van der Waals surface area contributed by atoms with E-state index in [2.05, 4.69) is 4.72 Å². The fourth-order valence-corrected chi connectivity index (χ4v) is 2.98. The van der Waals surface area contributed by atoms with Crippen LogP contribution in [0.1, 0.15) is 40.5 Å². The fraction of sp³-hybridized carbons (Fsp3) is 0.625. The molecular weight excluding hydrogens is 329 g/mol. The van der Waals surface area contributed by atoms with E-state index in [4.69, 9.17) is 14.0 Å². The van der Waals surface area contributed by atoms with Gasteiger partial charge in [0.1, 0.15) is 5.75 Å². The van der Waals surface area contributed by atoms with Gasteiger partial charge in [-0.3, -0.25) is 4.72 Å². The maximum absolute atomic E-state index is 11.5. The molecule has 1 aliphatic heterocycles. The second kappa shape index (κ2) is 5.64. The maximum Gasteiger partial charge on any atom is 0.494 e. The molecular formula is C16H24BNO5S. The molecule has 0 spiro atoms. The molecule has 0 amide bonds. The van der Waals surface area contributed by atoms with E-state index in [9.17, 15) is 8.42 Å². The zero-order chi connectivity index (χ0) is 17.8. The Bertz CT molecular complexity index is 727. The normalized spacial score (nSPS) is 22.5. The highest BCUT2D eigenvalue weighted by Gasteiger charge is 2.51. The first-order valence-electron chi connectivity index (χ1n) is 8.11. The first kappa shape index (κ1) is 17.6. The van der Waals surface area contributed by atoms with Gasteiger partial charge >= 0.3 is 7.12 Å². The Balaban J connectivity index is 1.90. The highest BCUT2D eigenvalue weighted by molar-refractivity contribution is 7.92. The van der Waals surface area contributed by atoms with Crippen molar-refractivity contribution >= 4 is 28.3 Å². The molecule has 1 aromatic carbocycles. The van der Waals surface area contributed by atoms with Crippen molar-refractivity contribution in [1.82, 2.24) is 0 Å². The third-order valence-corrected chi connectivity index (χ3v) is 5.24. The molecule has 8 heteroatoms. The Kier molecular flexibility index (Phi) is 4.13. The number of ether oxygens (including phenoxy) is 1. The van der Waals surface area contributed by atoms with Crippen molar-refractivity contribution in [3.63, 3.8) is 0 Å². The SMILES string of the molecule is CC1(C)OB(c2ccc(NS(C)(=O)=O)c(OC3CC3)c2)OC1(C)C. The van der Waals surface area contributed by atoms with Crippen molar-refractivity contribution < 1.29 is 22.5 Å². The highest BCUT2D eigenvalue weighted by Crippen LogP contribution is 2.37. The molecule has 2 fully saturated rings. The van der Waals surface area contributed by atoms with Gasteiger partial charge in [-0.25, -0.2) is 8.42 Å². The predicted molar refractivity (Wildman–Crippen MR) is 94.3 cm³/mol. The van der Waals surface area contributed by atoms with E-state index in [1.165, 1.54) is 0 Å². The summed E-state index contributed by atoms with van der Waals surface area (Å²) in [7, 11) is -3.89. The fourth-order valence-electron chi connectivity index (χ4n) is 2.41. The third kappa shape index (κ3) is 3.71. The number of benzene rings is 1. The monoisotopic (exact) mass is 353 g/mol. The summed E-state index contributed by atoms with van der Waals surface area (Å²) in [6.07, 6.45) is 3.24. The lowest BCUT2D eigenvalue weighted by Gasteiger charge is -2.32. The summed E-state index contributed by atoms with van der Waals surface area (Å²) in [5, 5.41) is 0. The molecule has 0 radical (unpaired) electrons. The van der Waals surface area contributed by atoms with Crippen molar-refractivity contribution in [2.75, 3.05) is 11.0 Å². The topological polar surface area (TPSA) is 73.9 Å². The van der Waals surface area contributed by atoms with Gasteiger partial charge in [-0.05, 0) is 58.1 Å². The standard InChI is InChI=1S/C16H24BNO5S/c1-15(2)16(3,4)23-17(22-15)11-6-9-13(18-24(5,19)20)14(10-11)21-12-7-8-12/h6,9-10,12,18H,7-8H2,1-5H3. The first-order chi connectivity index (χ1) is 11.0. The Hall–Kier alpha value is -1.25. The Labute approximate surface area is 144 Å². The molecule has 2 aliphatic rings. The molecule has 24 heavy (non-hydrogen) atoms. The molecule has 1 N–H and O–H groups in total. The summed E-state index contributed by atoms with van der Waals surface area (Å²) in [5.74, 6) is 0.509. The molecule has 1 saturated carbocycles. The van der Waals surface area contributed by atoms with Crippen LogP contribution in [0.3, 0.4) is 0 Å². The van der Waals surface area contributed by atoms with Crippen LogP contribution >= 0.6 is 0 Å². The van der Waals surface area contributed by atoms with E-state index < -0.39 is 28.3 Å². The average Bonchev–Trinajstić information content (AvgIpc) is 3.18. The van der Waals surface area contributed by atoms with E-state index in [1.807, 2.05) is 27.7 Å². The number of sulfonamides is 1.